The molecule has 1 aliphatic rings. The number of hydrogen-bond acceptors (Lipinski definition) is 6. The number of halogens is 1. The summed E-state index contributed by atoms with van der Waals surface area (Å²) in [6.07, 6.45) is 0.594. The molecule has 1 aromatic carbocycles. The van der Waals surface area contributed by atoms with Gasteiger partial charge in [0.2, 0.25) is 0 Å². The highest BCUT2D eigenvalue weighted by atomic mass is 79.9. The normalized spacial score (nSPS) is 12.7. The molecule has 1 aliphatic heterocycles. The molecule has 1 aromatic rings. The Morgan fingerprint density at radius 3 is 2.60 bits per heavy atom. The quantitative estimate of drug-likeness (QED) is 0.359. The minimum absolute atomic E-state index is 0.00347. The first kappa shape index (κ1) is 14.5. The third kappa shape index (κ3) is 2.53. The summed E-state index contributed by atoms with van der Waals surface area (Å²) in [5, 5.41) is 0. The molecule has 0 radical (unpaired) electrons. The minimum Gasteiger partial charge on any atom is -0.485 e. The van der Waals surface area contributed by atoms with E-state index in [9.17, 15) is 14.4 Å². The molecular weight excluding hydrogens is 332 g/mol. The number of benzene rings is 1. The van der Waals surface area contributed by atoms with E-state index >= 15 is 0 Å². The zero-order valence-corrected chi connectivity index (χ0v) is 12.2. The molecule has 6 nitrogen and oxygen atoms in total. The monoisotopic (exact) mass is 342 g/mol. The van der Waals surface area contributed by atoms with E-state index in [0.29, 0.717) is 6.29 Å². The van der Waals surface area contributed by atoms with Gasteiger partial charge >= 0.3 is 5.97 Å². The van der Waals surface area contributed by atoms with Crippen LogP contribution in [0.25, 0.3) is 0 Å². The lowest BCUT2D eigenvalue weighted by molar-refractivity contribution is -0.137. The Balaban J connectivity index is 2.55. The van der Waals surface area contributed by atoms with Gasteiger partial charge in [0.15, 0.2) is 17.8 Å². The number of carbonyl (C=O) groups is 3. The lowest BCUT2D eigenvalue weighted by Gasteiger charge is -2.22. The fourth-order valence-corrected chi connectivity index (χ4v) is 2.41. The van der Waals surface area contributed by atoms with E-state index in [1.807, 2.05) is 0 Å². The van der Waals surface area contributed by atoms with Gasteiger partial charge in [-0.15, -0.1) is 0 Å². The van der Waals surface area contributed by atoms with Crippen molar-refractivity contribution in [3.05, 3.63) is 21.7 Å². The highest BCUT2D eigenvalue weighted by molar-refractivity contribution is 9.10. The first-order valence-electron chi connectivity index (χ1n) is 5.88. The largest absolute Gasteiger partial charge is 0.485 e. The summed E-state index contributed by atoms with van der Waals surface area (Å²) in [6, 6.07) is 1.41. The number of esters is 1. The number of hydrogen-bond donors (Lipinski definition) is 0. The average molecular weight is 343 g/mol. The molecule has 7 heteroatoms. The van der Waals surface area contributed by atoms with Crippen molar-refractivity contribution in [2.75, 3.05) is 19.8 Å². The van der Waals surface area contributed by atoms with Crippen molar-refractivity contribution in [2.24, 2.45) is 0 Å². The second-order valence-corrected chi connectivity index (χ2v) is 4.70. The second-order valence-electron chi connectivity index (χ2n) is 3.85. The van der Waals surface area contributed by atoms with Crippen molar-refractivity contribution in [1.82, 2.24) is 0 Å². The number of ketones is 1. The van der Waals surface area contributed by atoms with Crippen LogP contribution in [0.4, 0.5) is 0 Å². The molecule has 0 unspecified atom stereocenters. The van der Waals surface area contributed by atoms with Crippen LogP contribution in [0, 0.1) is 0 Å². The highest BCUT2D eigenvalue weighted by Crippen LogP contribution is 2.41. The van der Waals surface area contributed by atoms with E-state index < -0.39 is 11.8 Å². The fraction of sp³-hybridized carbons (Fsp3) is 0.308. The van der Waals surface area contributed by atoms with Crippen molar-refractivity contribution in [1.29, 1.82) is 0 Å². The summed E-state index contributed by atoms with van der Waals surface area (Å²) in [5.41, 5.74) is 0.246. The van der Waals surface area contributed by atoms with Gasteiger partial charge in [0.05, 0.1) is 17.7 Å². The van der Waals surface area contributed by atoms with Crippen LogP contribution in [-0.4, -0.2) is 37.9 Å². The van der Waals surface area contributed by atoms with Crippen molar-refractivity contribution >= 4 is 34.0 Å². The van der Waals surface area contributed by atoms with Gasteiger partial charge in [-0.25, -0.2) is 4.79 Å². The maximum Gasteiger partial charge on any atom is 0.379 e. The van der Waals surface area contributed by atoms with E-state index in [2.05, 4.69) is 20.7 Å². The Labute approximate surface area is 123 Å². The van der Waals surface area contributed by atoms with Crippen LogP contribution in [0.5, 0.6) is 11.5 Å². The maximum absolute atomic E-state index is 12.1. The number of ether oxygens (including phenoxy) is 3. The van der Waals surface area contributed by atoms with E-state index in [1.165, 1.54) is 6.07 Å². The number of fused-ring (bicyclic) bond motifs is 1. The molecule has 2 rings (SSSR count). The van der Waals surface area contributed by atoms with Gasteiger partial charge < -0.3 is 14.2 Å². The zero-order chi connectivity index (χ0) is 14.7. The lowest BCUT2D eigenvalue weighted by atomic mass is 10.0. The molecule has 0 saturated heterocycles. The molecule has 0 bridgehead atoms. The standard InChI is InChI=1S/C13H11BrO6/c1-2-18-13(17)10(16)9-8(14)5-7(6-15)11-12(9)20-4-3-19-11/h5-6H,2-4H2,1H3. The molecule has 106 valence electrons. The summed E-state index contributed by atoms with van der Waals surface area (Å²) in [7, 11) is 0. The molecule has 0 atom stereocenters. The van der Waals surface area contributed by atoms with Crippen LogP contribution in [0.3, 0.4) is 0 Å². The molecule has 20 heavy (non-hydrogen) atoms. The second kappa shape index (κ2) is 6.04. The van der Waals surface area contributed by atoms with Crippen LogP contribution < -0.4 is 9.47 Å². The summed E-state index contributed by atoms with van der Waals surface area (Å²) in [6.45, 7) is 2.19. The molecule has 0 fully saturated rings. The molecule has 0 amide bonds. The van der Waals surface area contributed by atoms with Gasteiger partial charge in [-0.1, -0.05) is 0 Å². The predicted octanol–water partition coefficient (Wildman–Crippen LogP) is 1.78. The van der Waals surface area contributed by atoms with E-state index in [0.717, 1.165) is 0 Å². The van der Waals surface area contributed by atoms with Crippen molar-refractivity contribution in [2.45, 2.75) is 6.92 Å². The average Bonchev–Trinajstić information content (AvgIpc) is 2.46. The summed E-state index contributed by atoms with van der Waals surface area (Å²) < 4.78 is 15.7. The van der Waals surface area contributed by atoms with E-state index in [-0.39, 0.29) is 46.9 Å². The van der Waals surface area contributed by atoms with Crippen molar-refractivity contribution < 1.29 is 28.6 Å². The predicted molar refractivity (Wildman–Crippen MR) is 71.5 cm³/mol. The van der Waals surface area contributed by atoms with Gasteiger partial charge in [-0.05, 0) is 28.9 Å². The lowest BCUT2D eigenvalue weighted by Crippen LogP contribution is -2.23. The van der Waals surface area contributed by atoms with Crippen LogP contribution in [0.1, 0.15) is 27.6 Å². The first-order valence-corrected chi connectivity index (χ1v) is 6.68. The van der Waals surface area contributed by atoms with Gasteiger partial charge in [0.25, 0.3) is 5.78 Å². The van der Waals surface area contributed by atoms with Gasteiger partial charge in [0.1, 0.15) is 13.2 Å². The Hall–Kier alpha value is -1.89. The highest BCUT2D eigenvalue weighted by Gasteiger charge is 2.30. The summed E-state index contributed by atoms with van der Waals surface area (Å²) >= 11 is 3.16. The molecule has 1 heterocycles. The number of rotatable bonds is 4. The van der Waals surface area contributed by atoms with Crippen molar-refractivity contribution in [3.63, 3.8) is 0 Å². The number of aldehydes is 1. The molecule has 0 N–H and O–H groups in total. The third-order valence-electron chi connectivity index (χ3n) is 2.61. The molecule has 0 saturated carbocycles. The number of carbonyl (C=O) groups excluding carboxylic acids is 3. The maximum atomic E-state index is 12.1. The Bertz CT molecular complexity index is 581. The van der Waals surface area contributed by atoms with Crippen LogP contribution >= 0.6 is 15.9 Å². The molecule has 0 aromatic heterocycles. The van der Waals surface area contributed by atoms with Gasteiger partial charge in [0, 0.05) is 4.47 Å². The van der Waals surface area contributed by atoms with Crippen LogP contribution in [-0.2, 0) is 9.53 Å². The smallest absolute Gasteiger partial charge is 0.379 e. The summed E-state index contributed by atoms with van der Waals surface area (Å²) in [5.74, 6) is -1.57. The van der Waals surface area contributed by atoms with Crippen LogP contribution in [0.15, 0.2) is 10.5 Å². The first-order chi connectivity index (χ1) is 9.60. The Morgan fingerprint density at radius 2 is 2.00 bits per heavy atom. The molecule has 0 aliphatic carbocycles. The SMILES string of the molecule is CCOC(=O)C(=O)c1c(Br)cc(C=O)c2c1OCCO2. The fourth-order valence-electron chi connectivity index (χ4n) is 1.80. The molecular formula is C13H11BrO6. The molecule has 0 spiro atoms. The third-order valence-corrected chi connectivity index (χ3v) is 3.23. The number of Topliss-reactive ketones (excluding diaryl/α,β-unsaturated/α-hetero) is 1. The van der Waals surface area contributed by atoms with Gasteiger partial charge in [-0.2, -0.15) is 0 Å². The zero-order valence-electron chi connectivity index (χ0n) is 10.6. The van der Waals surface area contributed by atoms with Gasteiger partial charge in [-0.3, -0.25) is 9.59 Å². The van der Waals surface area contributed by atoms with Crippen molar-refractivity contribution in [3.8, 4) is 11.5 Å². The van der Waals surface area contributed by atoms with E-state index in [4.69, 9.17) is 9.47 Å². The van der Waals surface area contributed by atoms with Crippen LogP contribution in [0.2, 0.25) is 0 Å². The topological polar surface area (TPSA) is 78.9 Å². The Morgan fingerprint density at radius 1 is 1.35 bits per heavy atom. The minimum atomic E-state index is -0.983. The van der Waals surface area contributed by atoms with E-state index in [1.54, 1.807) is 6.92 Å². The summed E-state index contributed by atoms with van der Waals surface area (Å²) in [4.78, 5) is 34.7. The Kier molecular flexibility index (Phi) is 4.39.